The normalized spacial score (nSPS) is 22.4. The van der Waals surface area contributed by atoms with Gasteiger partial charge < -0.3 is 14.1 Å². The van der Waals surface area contributed by atoms with Crippen LogP contribution in [0, 0.1) is 0 Å². The van der Waals surface area contributed by atoms with Crippen LogP contribution in [0.1, 0.15) is 116 Å². The molecule has 0 unspecified atom stereocenters. The molecule has 180 valence electrons. The van der Waals surface area contributed by atoms with Gasteiger partial charge in [-0.3, -0.25) is 0 Å². The van der Waals surface area contributed by atoms with E-state index in [1.807, 2.05) is 0 Å². The van der Waals surface area contributed by atoms with Crippen LogP contribution in [0.4, 0.5) is 0 Å². The van der Waals surface area contributed by atoms with E-state index in [2.05, 4.69) is 6.92 Å². The quantitative estimate of drug-likeness (QED) is 0.164. The Morgan fingerprint density at radius 2 is 1.13 bits per heavy atom. The van der Waals surface area contributed by atoms with Gasteiger partial charge in [-0.15, -0.1) is 0 Å². The second-order valence-corrected chi connectivity index (χ2v) is 11.2. The third kappa shape index (κ3) is 14.8. The number of likely N-dealkylation sites (tertiary alicyclic amines) is 1. The first kappa shape index (κ1) is 27.9. The highest BCUT2D eigenvalue weighted by atomic mass is 32.2. The van der Waals surface area contributed by atoms with Gasteiger partial charge in [0.05, 0.1) is 42.4 Å². The molecule has 0 bridgehead atoms. The van der Waals surface area contributed by atoms with Crippen LogP contribution in [-0.4, -0.2) is 60.6 Å². The van der Waals surface area contributed by atoms with Crippen LogP contribution in [0.3, 0.4) is 0 Å². The largest absolute Gasteiger partial charge is 0.748 e. The van der Waals surface area contributed by atoms with Crippen LogP contribution in [0.2, 0.25) is 0 Å². The van der Waals surface area contributed by atoms with Crippen LogP contribution >= 0.6 is 0 Å². The Morgan fingerprint density at radius 1 is 0.733 bits per heavy atom. The molecule has 6 heteroatoms. The summed E-state index contributed by atoms with van der Waals surface area (Å²) in [6, 6.07) is 0. The van der Waals surface area contributed by atoms with E-state index < -0.39 is 10.1 Å². The first-order valence-corrected chi connectivity index (χ1v) is 14.4. The third-order valence-electron chi connectivity index (χ3n) is 6.89. The van der Waals surface area contributed by atoms with E-state index in [0.29, 0.717) is 6.42 Å². The SMILES string of the molecule is CCCCCCCCCCCCCCCC[N+]1(CCCS(=O)(=O)[O-])CCC(O)CC1. The van der Waals surface area contributed by atoms with E-state index in [9.17, 15) is 18.1 Å². The fourth-order valence-electron chi connectivity index (χ4n) is 4.88. The minimum atomic E-state index is -4.12. The Bertz CT molecular complexity index is 501. The maximum atomic E-state index is 10.9. The Kier molecular flexibility index (Phi) is 15.3. The number of unbranched alkanes of at least 4 members (excludes halogenated alkanes) is 13. The van der Waals surface area contributed by atoms with Crippen molar-refractivity contribution in [2.24, 2.45) is 0 Å². The Morgan fingerprint density at radius 3 is 1.57 bits per heavy atom. The number of aliphatic hydroxyl groups excluding tert-OH is 1. The van der Waals surface area contributed by atoms with E-state index in [1.54, 1.807) is 0 Å². The number of nitrogens with zero attached hydrogens (tertiary/aromatic N) is 1. The van der Waals surface area contributed by atoms with Crippen molar-refractivity contribution in [2.75, 3.05) is 31.9 Å². The highest BCUT2D eigenvalue weighted by Gasteiger charge is 2.32. The fraction of sp³-hybridized carbons (Fsp3) is 1.00. The van der Waals surface area contributed by atoms with Crippen LogP contribution in [0.5, 0.6) is 0 Å². The van der Waals surface area contributed by atoms with Crippen molar-refractivity contribution in [1.29, 1.82) is 0 Å². The highest BCUT2D eigenvalue weighted by molar-refractivity contribution is 7.85. The standard InChI is InChI=1S/C24H49NO4S/c1-2-3-4-5-6-7-8-9-10-11-12-13-14-15-19-25(20-16-23-30(27,28)29)21-17-24(26)18-22-25/h24,26H,2-23H2,1H3. The average molecular weight is 448 g/mol. The molecule has 0 radical (unpaired) electrons. The molecule has 0 aliphatic carbocycles. The van der Waals surface area contributed by atoms with Gasteiger partial charge in [-0.25, -0.2) is 8.42 Å². The molecule has 0 atom stereocenters. The number of aliphatic hydroxyl groups is 1. The molecule has 0 aromatic rings. The molecule has 1 N–H and O–H groups in total. The monoisotopic (exact) mass is 447 g/mol. The molecule has 30 heavy (non-hydrogen) atoms. The highest BCUT2D eigenvalue weighted by Crippen LogP contribution is 2.22. The summed E-state index contributed by atoms with van der Waals surface area (Å²) in [5.41, 5.74) is 0. The second-order valence-electron chi connectivity index (χ2n) is 9.68. The van der Waals surface area contributed by atoms with Crippen molar-refractivity contribution in [2.45, 2.75) is 122 Å². The average Bonchev–Trinajstić information content (AvgIpc) is 2.69. The molecule has 1 fully saturated rings. The van der Waals surface area contributed by atoms with Crippen LogP contribution in [-0.2, 0) is 10.1 Å². The number of hydrogen-bond donors (Lipinski definition) is 1. The summed E-state index contributed by atoms with van der Waals surface area (Å²) < 4.78 is 33.7. The van der Waals surface area contributed by atoms with Gasteiger partial charge in [-0.1, -0.05) is 84.0 Å². The van der Waals surface area contributed by atoms with Gasteiger partial charge in [0.25, 0.3) is 0 Å². The molecule has 1 rings (SSSR count). The van der Waals surface area contributed by atoms with E-state index >= 15 is 0 Å². The molecule has 0 saturated carbocycles. The lowest BCUT2D eigenvalue weighted by Crippen LogP contribution is -2.55. The number of hydrogen-bond acceptors (Lipinski definition) is 4. The summed E-state index contributed by atoms with van der Waals surface area (Å²) in [5.74, 6) is -0.256. The lowest BCUT2D eigenvalue weighted by Gasteiger charge is -2.43. The minimum absolute atomic E-state index is 0.212. The van der Waals surface area contributed by atoms with Gasteiger partial charge in [0.2, 0.25) is 0 Å². The van der Waals surface area contributed by atoms with Crippen molar-refractivity contribution in [3.05, 3.63) is 0 Å². The minimum Gasteiger partial charge on any atom is -0.748 e. The first-order valence-electron chi connectivity index (χ1n) is 12.8. The van der Waals surface area contributed by atoms with Crippen molar-refractivity contribution in [3.63, 3.8) is 0 Å². The Labute approximate surface area is 187 Å². The molecule has 0 aromatic heterocycles. The molecule has 1 aliphatic rings. The molecule has 0 aromatic carbocycles. The Hall–Kier alpha value is -0.170. The van der Waals surface area contributed by atoms with Gasteiger partial charge in [0.1, 0.15) is 0 Å². The maximum absolute atomic E-state index is 10.9. The number of rotatable bonds is 19. The van der Waals surface area contributed by atoms with Gasteiger partial charge >= 0.3 is 0 Å². The number of quaternary nitrogens is 1. The molecule has 0 spiro atoms. The van der Waals surface area contributed by atoms with Gasteiger partial charge in [-0.2, -0.15) is 0 Å². The lowest BCUT2D eigenvalue weighted by molar-refractivity contribution is -0.933. The zero-order valence-electron chi connectivity index (χ0n) is 19.7. The summed E-state index contributed by atoms with van der Waals surface area (Å²) in [6.45, 7) is 5.91. The fourth-order valence-corrected chi connectivity index (χ4v) is 5.36. The zero-order valence-corrected chi connectivity index (χ0v) is 20.5. The van der Waals surface area contributed by atoms with Crippen molar-refractivity contribution >= 4 is 10.1 Å². The summed E-state index contributed by atoms with van der Waals surface area (Å²) in [7, 11) is -4.12. The van der Waals surface area contributed by atoms with Crippen molar-refractivity contribution in [3.8, 4) is 0 Å². The smallest absolute Gasteiger partial charge is 0.0948 e. The van der Waals surface area contributed by atoms with E-state index in [0.717, 1.165) is 49.9 Å². The predicted octanol–water partition coefficient (Wildman–Crippen LogP) is 5.37. The number of piperidine rings is 1. The first-order chi connectivity index (χ1) is 14.4. The predicted molar refractivity (Wildman–Crippen MR) is 124 cm³/mol. The topological polar surface area (TPSA) is 77.4 Å². The molecule has 0 amide bonds. The maximum Gasteiger partial charge on any atom is 0.0948 e. The molecule has 1 heterocycles. The molecule has 5 nitrogen and oxygen atoms in total. The van der Waals surface area contributed by atoms with Gasteiger partial charge in [-0.05, 0) is 12.8 Å². The van der Waals surface area contributed by atoms with Gasteiger partial charge in [0.15, 0.2) is 0 Å². The molecule has 1 saturated heterocycles. The lowest BCUT2D eigenvalue weighted by atomic mass is 10.0. The van der Waals surface area contributed by atoms with E-state index in [-0.39, 0.29) is 11.9 Å². The van der Waals surface area contributed by atoms with E-state index in [4.69, 9.17) is 0 Å². The summed E-state index contributed by atoms with van der Waals surface area (Å²) >= 11 is 0. The Balaban J connectivity index is 2.06. The summed E-state index contributed by atoms with van der Waals surface area (Å²) in [6.07, 6.45) is 20.7. The third-order valence-corrected chi connectivity index (χ3v) is 7.67. The zero-order chi connectivity index (χ0) is 22.1. The van der Waals surface area contributed by atoms with Crippen molar-refractivity contribution in [1.82, 2.24) is 0 Å². The summed E-state index contributed by atoms with van der Waals surface area (Å²) in [5, 5.41) is 9.83. The van der Waals surface area contributed by atoms with Crippen LogP contribution < -0.4 is 0 Å². The molecular weight excluding hydrogens is 398 g/mol. The molecular formula is C24H49NO4S. The van der Waals surface area contributed by atoms with E-state index in [1.165, 1.54) is 83.5 Å². The summed E-state index contributed by atoms with van der Waals surface area (Å²) in [4.78, 5) is 0. The van der Waals surface area contributed by atoms with Crippen molar-refractivity contribution < 1.29 is 22.6 Å². The van der Waals surface area contributed by atoms with Crippen LogP contribution in [0.15, 0.2) is 0 Å². The molecule has 1 aliphatic heterocycles. The van der Waals surface area contributed by atoms with Crippen LogP contribution in [0.25, 0.3) is 0 Å². The van der Waals surface area contributed by atoms with Gasteiger partial charge in [0, 0.05) is 25.0 Å². The second kappa shape index (κ2) is 16.5.